The van der Waals surface area contributed by atoms with Crippen molar-refractivity contribution in [3.8, 4) is 0 Å². The van der Waals surface area contributed by atoms with Crippen LogP contribution in [-0.2, 0) is 9.53 Å². The first-order valence-corrected chi connectivity index (χ1v) is 6.65. The molecule has 0 aromatic heterocycles. The fourth-order valence-corrected chi connectivity index (χ4v) is 2.07. The molecule has 4 heteroatoms. The molecule has 0 radical (unpaired) electrons. The molecule has 1 aromatic carbocycles. The Bertz CT molecular complexity index is 368. The first-order valence-electron chi connectivity index (χ1n) is 6.65. The van der Waals surface area contributed by atoms with Crippen LogP contribution >= 0.6 is 0 Å². The molecular formula is C15H24N2O2. The molecule has 0 spiro atoms. The molecule has 0 aliphatic heterocycles. The third-order valence-electron chi connectivity index (χ3n) is 3.15. The van der Waals surface area contributed by atoms with Gasteiger partial charge in [-0.2, -0.15) is 0 Å². The maximum absolute atomic E-state index is 11.9. The van der Waals surface area contributed by atoms with Crippen molar-refractivity contribution in [1.29, 1.82) is 0 Å². The summed E-state index contributed by atoms with van der Waals surface area (Å²) in [5, 5.41) is 3.12. The molecule has 1 rings (SSSR count). The van der Waals surface area contributed by atoms with Crippen molar-refractivity contribution in [2.24, 2.45) is 0 Å². The summed E-state index contributed by atoms with van der Waals surface area (Å²) in [7, 11) is 5.43. The topological polar surface area (TPSA) is 41.6 Å². The number of carbonyl (C=O) groups excluding carboxylic acids is 1. The summed E-state index contributed by atoms with van der Waals surface area (Å²) >= 11 is 0. The Labute approximate surface area is 115 Å². The van der Waals surface area contributed by atoms with Crippen LogP contribution < -0.4 is 5.32 Å². The molecule has 0 heterocycles. The smallest absolute Gasteiger partial charge is 0.314 e. The zero-order chi connectivity index (χ0) is 14.1. The van der Waals surface area contributed by atoms with Gasteiger partial charge in [0.05, 0.1) is 13.0 Å². The number of hydrogen-bond donors (Lipinski definition) is 1. The molecule has 0 fully saturated rings. The van der Waals surface area contributed by atoms with E-state index in [0.717, 1.165) is 25.1 Å². The Kier molecular flexibility index (Phi) is 7.15. The minimum absolute atomic E-state index is 0.174. The lowest BCUT2D eigenvalue weighted by atomic mass is 9.98. The first-order chi connectivity index (χ1) is 9.19. The number of hydrogen-bond acceptors (Lipinski definition) is 4. The lowest BCUT2D eigenvalue weighted by Crippen LogP contribution is -2.31. The van der Waals surface area contributed by atoms with E-state index in [0.29, 0.717) is 6.54 Å². The third kappa shape index (κ3) is 5.41. The van der Waals surface area contributed by atoms with E-state index in [1.54, 1.807) is 0 Å². The summed E-state index contributed by atoms with van der Waals surface area (Å²) in [5.74, 6) is -0.391. The van der Waals surface area contributed by atoms with Gasteiger partial charge in [-0.15, -0.1) is 0 Å². The molecule has 1 atom stereocenters. The number of likely N-dealkylation sites (N-methyl/N-ethyl adjacent to an activating group) is 1. The van der Waals surface area contributed by atoms with Crippen molar-refractivity contribution in [3.63, 3.8) is 0 Å². The van der Waals surface area contributed by atoms with Crippen molar-refractivity contribution in [3.05, 3.63) is 35.9 Å². The number of benzene rings is 1. The zero-order valence-electron chi connectivity index (χ0n) is 12.1. The molecule has 0 bridgehead atoms. The van der Waals surface area contributed by atoms with E-state index < -0.39 is 0 Å². The van der Waals surface area contributed by atoms with Gasteiger partial charge >= 0.3 is 5.97 Å². The Morgan fingerprint density at radius 2 is 2.05 bits per heavy atom. The monoisotopic (exact) mass is 264 g/mol. The summed E-state index contributed by atoms with van der Waals surface area (Å²) in [6.07, 6.45) is 1.07. The molecule has 0 amide bonds. The second-order valence-electron chi connectivity index (χ2n) is 4.71. The van der Waals surface area contributed by atoms with Crippen molar-refractivity contribution < 1.29 is 9.53 Å². The molecule has 4 nitrogen and oxygen atoms in total. The van der Waals surface area contributed by atoms with Gasteiger partial charge in [-0.3, -0.25) is 4.79 Å². The van der Waals surface area contributed by atoms with Crippen LogP contribution in [0.5, 0.6) is 0 Å². The standard InChI is InChI=1S/C15H24N2O2/c1-16-10-7-11-17(2)12-14(15(18)19-3)13-8-5-4-6-9-13/h4-6,8-9,14,16H,7,10-12H2,1-3H3. The maximum atomic E-state index is 11.9. The van der Waals surface area contributed by atoms with Gasteiger partial charge in [0.2, 0.25) is 0 Å². The third-order valence-corrected chi connectivity index (χ3v) is 3.15. The van der Waals surface area contributed by atoms with E-state index in [-0.39, 0.29) is 11.9 Å². The average Bonchev–Trinajstić information content (AvgIpc) is 2.45. The van der Waals surface area contributed by atoms with Crippen LogP contribution in [0, 0.1) is 0 Å². The van der Waals surface area contributed by atoms with Crippen molar-refractivity contribution >= 4 is 5.97 Å². The molecule has 106 valence electrons. The van der Waals surface area contributed by atoms with E-state index in [2.05, 4.69) is 10.2 Å². The summed E-state index contributed by atoms with van der Waals surface area (Å²) in [6, 6.07) is 9.80. The van der Waals surface area contributed by atoms with Gasteiger partial charge in [-0.25, -0.2) is 0 Å². The quantitative estimate of drug-likeness (QED) is 0.570. The number of ether oxygens (including phenoxy) is 1. The van der Waals surface area contributed by atoms with Crippen LogP contribution in [0.4, 0.5) is 0 Å². The lowest BCUT2D eigenvalue weighted by Gasteiger charge is -2.22. The van der Waals surface area contributed by atoms with E-state index in [4.69, 9.17) is 4.74 Å². The predicted molar refractivity (Wildman–Crippen MR) is 77.2 cm³/mol. The van der Waals surface area contributed by atoms with Gasteiger partial charge in [0.1, 0.15) is 0 Å². The van der Waals surface area contributed by atoms with Gasteiger partial charge in [-0.1, -0.05) is 30.3 Å². The molecule has 0 saturated heterocycles. The summed E-state index contributed by atoms with van der Waals surface area (Å²) < 4.78 is 4.92. The molecule has 1 unspecified atom stereocenters. The minimum atomic E-state index is -0.217. The zero-order valence-corrected chi connectivity index (χ0v) is 12.1. The Morgan fingerprint density at radius 1 is 1.37 bits per heavy atom. The lowest BCUT2D eigenvalue weighted by molar-refractivity contribution is -0.142. The highest BCUT2D eigenvalue weighted by atomic mass is 16.5. The summed E-state index contributed by atoms with van der Waals surface area (Å²) in [5.41, 5.74) is 1.01. The SMILES string of the molecule is CNCCCN(C)CC(C(=O)OC)c1ccccc1. The van der Waals surface area contributed by atoms with Crippen molar-refractivity contribution in [2.45, 2.75) is 12.3 Å². The average molecular weight is 264 g/mol. The van der Waals surface area contributed by atoms with Gasteiger partial charge in [0.25, 0.3) is 0 Å². The van der Waals surface area contributed by atoms with Crippen molar-refractivity contribution in [1.82, 2.24) is 10.2 Å². The second-order valence-corrected chi connectivity index (χ2v) is 4.71. The minimum Gasteiger partial charge on any atom is -0.469 e. The normalized spacial score (nSPS) is 12.4. The highest BCUT2D eigenvalue weighted by molar-refractivity contribution is 5.78. The second kappa shape index (κ2) is 8.67. The largest absolute Gasteiger partial charge is 0.469 e. The van der Waals surface area contributed by atoms with E-state index in [1.807, 2.05) is 44.4 Å². The van der Waals surface area contributed by atoms with Gasteiger partial charge in [0, 0.05) is 6.54 Å². The van der Waals surface area contributed by atoms with Crippen molar-refractivity contribution in [2.75, 3.05) is 40.8 Å². The van der Waals surface area contributed by atoms with Gasteiger partial charge < -0.3 is 15.0 Å². The number of carbonyl (C=O) groups is 1. The van der Waals surface area contributed by atoms with Gasteiger partial charge in [-0.05, 0) is 39.2 Å². The molecular weight excluding hydrogens is 240 g/mol. The molecule has 19 heavy (non-hydrogen) atoms. The van der Waals surface area contributed by atoms with Crippen LogP contribution in [0.3, 0.4) is 0 Å². The first kappa shape index (κ1) is 15.7. The van der Waals surface area contributed by atoms with Crippen LogP contribution in [0.1, 0.15) is 17.9 Å². The van der Waals surface area contributed by atoms with E-state index in [9.17, 15) is 4.79 Å². The highest BCUT2D eigenvalue weighted by Gasteiger charge is 2.22. The fourth-order valence-electron chi connectivity index (χ4n) is 2.07. The maximum Gasteiger partial charge on any atom is 0.314 e. The Balaban J connectivity index is 2.63. The number of esters is 1. The molecule has 1 aromatic rings. The Morgan fingerprint density at radius 3 is 2.63 bits per heavy atom. The number of rotatable bonds is 8. The summed E-state index contributed by atoms with van der Waals surface area (Å²) in [4.78, 5) is 14.1. The van der Waals surface area contributed by atoms with Crippen LogP contribution in [0.2, 0.25) is 0 Å². The predicted octanol–water partition coefficient (Wildman–Crippen LogP) is 1.48. The van der Waals surface area contributed by atoms with Gasteiger partial charge in [0.15, 0.2) is 0 Å². The highest BCUT2D eigenvalue weighted by Crippen LogP contribution is 2.18. The number of nitrogens with one attached hydrogen (secondary N) is 1. The summed E-state index contributed by atoms with van der Waals surface area (Å²) in [6.45, 7) is 2.63. The molecule has 1 N–H and O–H groups in total. The molecule has 0 saturated carbocycles. The Hall–Kier alpha value is -1.39. The van der Waals surface area contributed by atoms with E-state index >= 15 is 0 Å². The van der Waals surface area contributed by atoms with E-state index in [1.165, 1.54) is 7.11 Å². The van der Waals surface area contributed by atoms with Crippen LogP contribution in [-0.4, -0.2) is 51.7 Å². The van der Waals surface area contributed by atoms with Crippen LogP contribution in [0.25, 0.3) is 0 Å². The fraction of sp³-hybridized carbons (Fsp3) is 0.533. The van der Waals surface area contributed by atoms with Crippen LogP contribution in [0.15, 0.2) is 30.3 Å². The number of nitrogens with zero attached hydrogens (tertiary/aromatic N) is 1. The number of methoxy groups -OCH3 is 1. The molecule has 0 aliphatic rings. The molecule has 0 aliphatic carbocycles.